The number of hydrogen-bond donors (Lipinski definition) is 1. The molecular weight excluding hydrogens is 409 g/mol. The van der Waals surface area contributed by atoms with Gasteiger partial charge in [-0.3, -0.25) is 4.79 Å². The summed E-state index contributed by atoms with van der Waals surface area (Å²) < 4.78 is 19.2. The maximum absolute atomic E-state index is 13.3. The number of aliphatic hydroxyl groups excluding tert-OH is 1. The molecule has 0 bridgehead atoms. The average Bonchev–Trinajstić information content (AvgIpc) is 2.90. The Labute approximate surface area is 189 Å². The third kappa shape index (κ3) is 4.23. The van der Waals surface area contributed by atoms with Crippen LogP contribution in [0, 0.1) is 5.41 Å². The van der Waals surface area contributed by atoms with Gasteiger partial charge in [0.2, 0.25) is 5.43 Å². The lowest BCUT2D eigenvalue weighted by atomic mass is 9.78. The summed E-state index contributed by atoms with van der Waals surface area (Å²) in [5.41, 5.74) is -0.532. The van der Waals surface area contributed by atoms with Crippen LogP contribution in [-0.4, -0.2) is 47.2 Å². The fraction of sp³-hybridized carbons (Fsp3) is 0.583. The summed E-state index contributed by atoms with van der Waals surface area (Å²) in [6.45, 7) is 15.6. The Hall–Kier alpha value is -2.16. The number of esters is 1. The molecule has 0 saturated carbocycles. The summed E-state index contributed by atoms with van der Waals surface area (Å²) in [6.07, 6.45) is 1.50. The van der Waals surface area contributed by atoms with Crippen molar-refractivity contribution in [2.24, 2.45) is 5.41 Å². The van der Waals surface area contributed by atoms with Gasteiger partial charge in [0.25, 0.3) is 0 Å². The molecule has 2 aromatic rings. The van der Waals surface area contributed by atoms with Crippen molar-refractivity contribution in [3.63, 3.8) is 0 Å². The van der Waals surface area contributed by atoms with Crippen LogP contribution in [0.2, 0.25) is 0 Å². The van der Waals surface area contributed by atoms with E-state index in [9.17, 15) is 14.7 Å². The van der Waals surface area contributed by atoms with Crippen molar-refractivity contribution in [3.8, 4) is 0 Å². The van der Waals surface area contributed by atoms with Gasteiger partial charge in [0.1, 0.15) is 5.56 Å². The standard InChI is InChI=1S/C24H34BNO6/c1-9-30-21(29)17-13-26(19(14-27)22(2,3)4)18-11-10-15(12-16(18)20(17)28)25-31-23(5,6)24(7,8)32-25/h10-13,19,27H,9,14H2,1-8H3. The predicted molar refractivity (Wildman–Crippen MR) is 125 cm³/mol. The second-order valence-electron chi connectivity index (χ2n) is 10.4. The molecular formula is C24H34BNO6. The summed E-state index contributed by atoms with van der Waals surface area (Å²) in [4.78, 5) is 25.9. The molecule has 8 heteroatoms. The van der Waals surface area contributed by atoms with E-state index in [0.717, 1.165) is 0 Å². The molecule has 174 valence electrons. The van der Waals surface area contributed by atoms with Crippen LogP contribution in [0.1, 0.15) is 71.8 Å². The van der Waals surface area contributed by atoms with Crippen LogP contribution in [0.15, 0.2) is 29.2 Å². The molecule has 0 amide bonds. The van der Waals surface area contributed by atoms with Gasteiger partial charge in [-0.25, -0.2) is 4.79 Å². The van der Waals surface area contributed by atoms with Crippen LogP contribution < -0.4 is 10.9 Å². The van der Waals surface area contributed by atoms with Gasteiger partial charge in [-0.2, -0.15) is 0 Å². The summed E-state index contributed by atoms with van der Waals surface area (Å²) in [7, 11) is -0.639. The highest BCUT2D eigenvalue weighted by Crippen LogP contribution is 2.37. The summed E-state index contributed by atoms with van der Waals surface area (Å²) in [5, 5.41) is 10.5. The highest BCUT2D eigenvalue weighted by atomic mass is 16.7. The van der Waals surface area contributed by atoms with E-state index < -0.39 is 29.7 Å². The number of carbonyl (C=O) groups excluding carboxylic acids is 1. The molecule has 32 heavy (non-hydrogen) atoms. The van der Waals surface area contributed by atoms with Crippen molar-refractivity contribution in [1.82, 2.24) is 4.57 Å². The summed E-state index contributed by atoms with van der Waals surface area (Å²) in [5.74, 6) is -0.681. The van der Waals surface area contributed by atoms with Gasteiger partial charge in [-0.1, -0.05) is 26.8 Å². The molecule has 1 fully saturated rings. The molecule has 0 spiro atoms. The number of rotatable bonds is 5. The number of fused-ring (bicyclic) bond motifs is 1. The zero-order valence-electron chi connectivity index (χ0n) is 20.3. The first-order valence-corrected chi connectivity index (χ1v) is 11.1. The van der Waals surface area contributed by atoms with Crippen molar-refractivity contribution in [2.75, 3.05) is 13.2 Å². The molecule has 1 saturated heterocycles. The highest BCUT2D eigenvalue weighted by Gasteiger charge is 2.51. The molecule has 0 aliphatic carbocycles. The Kier molecular flexibility index (Phi) is 6.37. The molecule has 1 aromatic heterocycles. The van der Waals surface area contributed by atoms with Gasteiger partial charge >= 0.3 is 13.1 Å². The molecule has 1 aliphatic rings. The predicted octanol–water partition coefficient (Wildman–Crippen LogP) is 3.06. The number of aliphatic hydroxyl groups is 1. The molecule has 2 heterocycles. The SMILES string of the molecule is CCOC(=O)c1cn(C(CO)C(C)(C)C)c2ccc(B3OC(C)(C)C(C)(C)O3)cc2c1=O. The zero-order chi connectivity index (χ0) is 24.1. The number of hydrogen-bond acceptors (Lipinski definition) is 6. The average molecular weight is 443 g/mol. The number of aromatic nitrogens is 1. The third-order valence-corrected chi connectivity index (χ3v) is 6.59. The third-order valence-electron chi connectivity index (χ3n) is 6.59. The minimum atomic E-state index is -0.681. The van der Waals surface area contributed by atoms with Crippen LogP contribution in [0.3, 0.4) is 0 Å². The van der Waals surface area contributed by atoms with Gasteiger partial charge in [0, 0.05) is 11.6 Å². The minimum Gasteiger partial charge on any atom is -0.462 e. The van der Waals surface area contributed by atoms with Crippen LogP contribution in [-0.2, 0) is 14.0 Å². The molecule has 1 aliphatic heterocycles. The Morgan fingerprint density at radius 3 is 2.28 bits per heavy atom. The van der Waals surface area contributed by atoms with Crippen LogP contribution in [0.4, 0.5) is 0 Å². The van der Waals surface area contributed by atoms with Gasteiger partial charge in [0.15, 0.2) is 0 Å². The number of ether oxygens (including phenoxy) is 1. The smallest absolute Gasteiger partial charge is 0.462 e. The van der Waals surface area contributed by atoms with Crippen molar-refractivity contribution in [1.29, 1.82) is 0 Å². The number of benzene rings is 1. The van der Waals surface area contributed by atoms with Gasteiger partial charge in [0.05, 0.1) is 36.0 Å². The van der Waals surface area contributed by atoms with E-state index in [4.69, 9.17) is 14.0 Å². The molecule has 7 nitrogen and oxygen atoms in total. The van der Waals surface area contributed by atoms with Crippen LogP contribution >= 0.6 is 0 Å². The molecule has 1 atom stereocenters. The van der Waals surface area contributed by atoms with Gasteiger partial charge in [-0.15, -0.1) is 0 Å². The van der Waals surface area contributed by atoms with E-state index in [1.165, 1.54) is 6.20 Å². The first-order chi connectivity index (χ1) is 14.7. The molecule has 0 radical (unpaired) electrons. The molecule has 1 unspecified atom stereocenters. The fourth-order valence-electron chi connectivity index (χ4n) is 3.89. The monoisotopic (exact) mass is 443 g/mol. The van der Waals surface area contributed by atoms with Gasteiger partial charge < -0.3 is 23.7 Å². The Bertz CT molecular complexity index is 1070. The van der Waals surface area contributed by atoms with E-state index in [1.54, 1.807) is 17.6 Å². The normalized spacial score (nSPS) is 18.7. The number of nitrogens with zero attached hydrogens (tertiary/aromatic N) is 1. The van der Waals surface area contributed by atoms with E-state index in [1.807, 2.05) is 60.6 Å². The van der Waals surface area contributed by atoms with Crippen LogP contribution in [0.25, 0.3) is 10.9 Å². The number of carbonyl (C=O) groups is 1. The van der Waals surface area contributed by atoms with Crippen molar-refractivity contribution in [3.05, 3.63) is 40.2 Å². The van der Waals surface area contributed by atoms with Crippen molar-refractivity contribution < 1.29 is 23.9 Å². The van der Waals surface area contributed by atoms with Crippen molar-refractivity contribution in [2.45, 2.75) is 72.6 Å². The fourth-order valence-corrected chi connectivity index (χ4v) is 3.89. The van der Waals surface area contributed by atoms with Crippen LogP contribution in [0.5, 0.6) is 0 Å². The molecule has 3 rings (SSSR count). The first-order valence-electron chi connectivity index (χ1n) is 11.1. The van der Waals surface area contributed by atoms with Crippen molar-refractivity contribution >= 4 is 29.5 Å². The molecule has 1 N–H and O–H groups in total. The lowest BCUT2D eigenvalue weighted by Gasteiger charge is -2.33. The number of pyridine rings is 1. The summed E-state index contributed by atoms with van der Waals surface area (Å²) >= 11 is 0. The Balaban J connectivity index is 2.24. The quantitative estimate of drug-likeness (QED) is 0.565. The maximum Gasteiger partial charge on any atom is 0.494 e. The zero-order valence-corrected chi connectivity index (χ0v) is 20.3. The Morgan fingerprint density at radius 2 is 1.78 bits per heavy atom. The van der Waals surface area contributed by atoms with E-state index in [0.29, 0.717) is 16.4 Å². The lowest BCUT2D eigenvalue weighted by Crippen LogP contribution is -2.41. The lowest BCUT2D eigenvalue weighted by molar-refractivity contribution is 0.00578. The minimum absolute atomic E-state index is 0.0619. The topological polar surface area (TPSA) is 87.0 Å². The maximum atomic E-state index is 13.3. The summed E-state index contributed by atoms with van der Waals surface area (Å²) in [6, 6.07) is 5.04. The highest BCUT2D eigenvalue weighted by molar-refractivity contribution is 6.62. The van der Waals surface area contributed by atoms with E-state index in [2.05, 4.69) is 0 Å². The Morgan fingerprint density at radius 1 is 1.19 bits per heavy atom. The largest absolute Gasteiger partial charge is 0.494 e. The van der Waals surface area contributed by atoms with E-state index in [-0.39, 0.29) is 30.2 Å². The second kappa shape index (κ2) is 8.32. The second-order valence-corrected chi connectivity index (χ2v) is 10.4. The van der Waals surface area contributed by atoms with Gasteiger partial charge in [-0.05, 0) is 57.6 Å². The molecule has 1 aromatic carbocycles. The van der Waals surface area contributed by atoms with E-state index >= 15 is 0 Å². The first kappa shape index (κ1) is 24.5.